The Bertz CT molecular complexity index is 905. The van der Waals surface area contributed by atoms with E-state index in [0.29, 0.717) is 18.7 Å². The average molecular weight is 396 g/mol. The number of likely N-dealkylation sites (tertiary alicyclic amines) is 1. The van der Waals surface area contributed by atoms with Gasteiger partial charge in [0.2, 0.25) is 5.91 Å². The molecule has 2 aliphatic rings. The molecule has 2 heterocycles. The summed E-state index contributed by atoms with van der Waals surface area (Å²) in [5.41, 5.74) is 1.20. The Balaban J connectivity index is 1.53. The predicted molar refractivity (Wildman–Crippen MR) is 112 cm³/mol. The van der Waals surface area contributed by atoms with Crippen molar-refractivity contribution >= 4 is 28.5 Å². The Morgan fingerprint density at radius 2 is 1.62 bits per heavy atom. The van der Waals surface area contributed by atoms with Crippen LogP contribution in [0.5, 0.6) is 0 Å². The summed E-state index contributed by atoms with van der Waals surface area (Å²) in [6.45, 7) is 1.45. The van der Waals surface area contributed by atoms with E-state index in [4.69, 9.17) is 0 Å². The fraction of sp³-hybridized carbons (Fsp3) is 0.522. The molecule has 6 heteroatoms. The fourth-order valence-electron chi connectivity index (χ4n) is 4.59. The summed E-state index contributed by atoms with van der Waals surface area (Å²) in [5, 5.41) is 3.86. The van der Waals surface area contributed by atoms with Crippen LogP contribution in [-0.4, -0.2) is 46.2 Å². The van der Waals surface area contributed by atoms with E-state index in [1.54, 1.807) is 15.7 Å². The Morgan fingerprint density at radius 1 is 0.931 bits per heavy atom. The first-order valence-electron chi connectivity index (χ1n) is 10.8. The van der Waals surface area contributed by atoms with E-state index >= 15 is 0 Å². The lowest BCUT2D eigenvalue weighted by atomic mass is 9.95. The number of piperidine rings is 1. The van der Waals surface area contributed by atoms with Crippen LogP contribution in [0.15, 0.2) is 30.5 Å². The minimum atomic E-state index is -0.477. The van der Waals surface area contributed by atoms with Crippen LogP contribution in [0.3, 0.4) is 0 Å². The van der Waals surface area contributed by atoms with Gasteiger partial charge in [0, 0.05) is 36.2 Å². The van der Waals surface area contributed by atoms with Crippen molar-refractivity contribution in [3.05, 3.63) is 36.0 Å². The summed E-state index contributed by atoms with van der Waals surface area (Å²) in [6, 6.07) is 7.74. The lowest BCUT2D eigenvalue weighted by Crippen LogP contribution is -2.40. The molecule has 1 saturated carbocycles. The molecule has 1 aromatic carbocycles. The lowest BCUT2D eigenvalue weighted by Gasteiger charge is -2.25. The quantitative estimate of drug-likeness (QED) is 0.624. The second-order valence-corrected chi connectivity index (χ2v) is 8.27. The molecular weight excluding hydrogens is 366 g/mol. The standard InChI is InChI=1S/C23H29N3O3/c27-21(24-17-9-3-1-4-10-17)16-26-15-19(18-11-5-6-12-20(18)26)22(28)23(29)25-13-7-2-8-14-25/h5-6,11-12,15,17H,1-4,7-10,13-14,16H2,(H,24,27). The van der Waals surface area contributed by atoms with E-state index in [1.807, 2.05) is 24.3 Å². The molecule has 1 aromatic heterocycles. The van der Waals surface area contributed by atoms with Gasteiger partial charge in [-0.3, -0.25) is 14.4 Å². The minimum Gasteiger partial charge on any atom is -0.352 e. The normalized spacial score (nSPS) is 18.0. The second kappa shape index (κ2) is 8.80. The van der Waals surface area contributed by atoms with Gasteiger partial charge in [-0.25, -0.2) is 0 Å². The fourth-order valence-corrected chi connectivity index (χ4v) is 4.59. The van der Waals surface area contributed by atoms with Gasteiger partial charge in [0.05, 0.1) is 5.56 Å². The second-order valence-electron chi connectivity index (χ2n) is 8.27. The van der Waals surface area contributed by atoms with Gasteiger partial charge < -0.3 is 14.8 Å². The molecule has 0 spiro atoms. The van der Waals surface area contributed by atoms with Crippen molar-refractivity contribution in [3.63, 3.8) is 0 Å². The van der Waals surface area contributed by atoms with Crippen molar-refractivity contribution in [3.8, 4) is 0 Å². The van der Waals surface area contributed by atoms with E-state index in [-0.39, 0.29) is 18.5 Å². The molecule has 0 atom stereocenters. The summed E-state index contributed by atoms with van der Waals surface area (Å²) in [4.78, 5) is 39.9. The minimum absolute atomic E-state index is 0.0426. The SMILES string of the molecule is O=C(Cn1cc(C(=O)C(=O)N2CCCCC2)c2ccccc21)NC1CCCCC1. The number of Topliss-reactive ketones (excluding diaryl/α,β-unsaturated/α-hetero) is 1. The van der Waals surface area contributed by atoms with Gasteiger partial charge in [0.25, 0.3) is 11.7 Å². The molecule has 154 valence electrons. The van der Waals surface area contributed by atoms with Crippen molar-refractivity contribution in [2.75, 3.05) is 13.1 Å². The molecule has 4 rings (SSSR count). The number of nitrogens with zero attached hydrogens (tertiary/aromatic N) is 2. The Kier molecular flexibility index (Phi) is 5.97. The number of carbonyl (C=O) groups excluding carboxylic acids is 3. The number of carbonyl (C=O) groups is 3. The number of benzene rings is 1. The van der Waals surface area contributed by atoms with Crippen LogP contribution in [0.2, 0.25) is 0 Å². The Morgan fingerprint density at radius 3 is 2.38 bits per heavy atom. The van der Waals surface area contributed by atoms with Gasteiger partial charge in [-0.05, 0) is 38.2 Å². The molecule has 2 fully saturated rings. The van der Waals surface area contributed by atoms with Crippen LogP contribution in [0.25, 0.3) is 10.9 Å². The van der Waals surface area contributed by atoms with Crippen LogP contribution < -0.4 is 5.32 Å². The highest BCUT2D eigenvalue weighted by atomic mass is 16.2. The van der Waals surface area contributed by atoms with Crippen LogP contribution in [0, 0.1) is 0 Å². The predicted octanol–water partition coefficient (Wildman–Crippen LogP) is 3.29. The van der Waals surface area contributed by atoms with Crippen molar-refractivity contribution in [1.29, 1.82) is 0 Å². The van der Waals surface area contributed by atoms with Gasteiger partial charge in [-0.2, -0.15) is 0 Å². The number of ketones is 1. The number of para-hydroxylation sites is 1. The van der Waals surface area contributed by atoms with Gasteiger partial charge in [-0.15, -0.1) is 0 Å². The van der Waals surface area contributed by atoms with Crippen molar-refractivity contribution in [1.82, 2.24) is 14.8 Å². The third-order valence-electron chi connectivity index (χ3n) is 6.15. The van der Waals surface area contributed by atoms with Crippen LogP contribution in [0.4, 0.5) is 0 Å². The maximum absolute atomic E-state index is 13.0. The highest BCUT2D eigenvalue weighted by molar-refractivity contribution is 6.44. The molecule has 1 aliphatic heterocycles. The molecule has 2 amide bonds. The molecule has 29 heavy (non-hydrogen) atoms. The zero-order chi connectivity index (χ0) is 20.2. The number of rotatable bonds is 5. The maximum Gasteiger partial charge on any atom is 0.295 e. The molecule has 1 aliphatic carbocycles. The smallest absolute Gasteiger partial charge is 0.295 e. The zero-order valence-corrected chi connectivity index (χ0v) is 16.9. The lowest BCUT2D eigenvalue weighted by molar-refractivity contribution is -0.127. The van der Waals surface area contributed by atoms with Crippen molar-refractivity contribution in [2.24, 2.45) is 0 Å². The summed E-state index contributed by atoms with van der Waals surface area (Å²) in [6.07, 6.45) is 10.3. The third kappa shape index (κ3) is 4.36. The molecule has 0 unspecified atom stereocenters. The molecule has 1 saturated heterocycles. The Hall–Kier alpha value is -2.63. The molecule has 1 N–H and O–H groups in total. The molecule has 2 aromatic rings. The topological polar surface area (TPSA) is 71.4 Å². The monoisotopic (exact) mass is 395 g/mol. The third-order valence-corrected chi connectivity index (χ3v) is 6.15. The number of hydrogen-bond acceptors (Lipinski definition) is 3. The summed E-state index contributed by atoms with van der Waals surface area (Å²) >= 11 is 0. The van der Waals surface area contributed by atoms with Crippen LogP contribution >= 0.6 is 0 Å². The average Bonchev–Trinajstić information content (AvgIpc) is 3.12. The number of nitrogens with one attached hydrogen (secondary N) is 1. The number of aromatic nitrogens is 1. The van der Waals surface area contributed by atoms with Crippen molar-refractivity contribution < 1.29 is 14.4 Å². The van der Waals surface area contributed by atoms with Crippen LogP contribution in [-0.2, 0) is 16.1 Å². The molecule has 6 nitrogen and oxygen atoms in total. The molecule has 0 radical (unpaired) electrons. The van der Waals surface area contributed by atoms with Gasteiger partial charge in [0.1, 0.15) is 6.54 Å². The van der Waals surface area contributed by atoms with E-state index in [9.17, 15) is 14.4 Å². The molecular formula is C23H29N3O3. The zero-order valence-electron chi connectivity index (χ0n) is 16.9. The first-order valence-corrected chi connectivity index (χ1v) is 10.8. The number of hydrogen-bond donors (Lipinski definition) is 1. The van der Waals surface area contributed by atoms with Crippen molar-refractivity contribution in [2.45, 2.75) is 64.0 Å². The van der Waals surface area contributed by atoms with E-state index in [2.05, 4.69) is 5.32 Å². The summed E-state index contributed by atoms with van der Waals surface area (Å²) in [7, 11) is 0. The van der Waals surface area contributed by atoms with Crippen LogP contribution in [0.1, 0.15) is 61.7 Å². The van der Waals surface area contributed by atoms with Gasteiger partial charge >= 0.3 is 0 Å². The largest absolute Gasteiger partial charge is 0.352 e. The molecule has 0 bridgehead atoms. The van der Waals surface area contributed by atoms with E-state index in [0.717, 1.165) is 55.8 Å². The van der Waals surface area contributed by atoms with Gasteiger partial charge in [0.15, 0.2) is 0 Å². The first kappa shape index (κ1) is 19.7. The number of fused-ring (bicyclic) bond motifs is 1. The maximum atomic E-state index is 13.0. The summed E-state index contributed by atoms with van der Waals surface area (Å²) < 4.78 is 1.80. The first-order chi connectivity index (χ1) is 14.1. The van der Waals surface area contributed by atoms with E-state index < -0.39 is 11.7 Å². The summed E-state index contributed by atoms with van der Waals surface area (Å²) in [5.74, 6) is -0.951. The Labute approximate surface area is 171 Å². The van der Waals surface area contributed by atoms with E-state index in [1.165, 1.54) is 6.42 Å². The highest BCUT2D eigenvalue weighted by Gasteiger charge is 2.27. The highest BCUT2D eigenvalue weighted by Crippen LogP contribution is 2.23. The number of amides is 2. The van der Waals surface area contributed by atoms with Gasteiger partial charge in [-0.1, -0.05) is 37.5 Å².